The summed E-state index contributed by atoms with van der Waals surface area (Å²) < 4.78 is 1.59. The number of aromatic nitrogens is 2. The quantitative estimate of drug-likeness (QED) is 0.146. The summed E-state index contributed by atoms with van der Waals surface area (Å²) in [5.74, 6) is -2.76. The first-order chi connectivity index (χ1) is 30.0. The van der Waals surface area contributed by atoms with E-state index in [1.807, 2.05) is 91.0 Å². The van der Waals surface area contributed by atoms with Gasteiger partial charge in [0.1, 0.15) is 0 Å². The van der Waals surface area contributed by atoms with E-state index in [4.69, 9.17) is 0 Å². The van der Waals surface area contributed by atoms with Gasteiger partial charge in [-0.2, -0.15) is 9.69 Å². The van der Waals surface area contributed by atoms with Gasteiger partial charge in [-0.3, -0.25) is 47.8 Å². The van der Waals surface area contributed by atoms with E-state index in [0.29, 0.717) is 40.1 Å². The predicted octanol–water partition coefficient (Wildman–Crippen LogP) is 6.29. The molecule has 4 amide bonds. The number of carbonyl (C=O) groups is 4. The molecule has 0 bridgehead atoms. The summed E-state index contributed by atoms with van der Waals surface area (Å²) in [6.07, 6.45) is 1.52. The van der Waals surface area contributed by atoms with Crippen LogP contribution in [-0.4, -0.2) is 37.8 Å². The molecule has 0 saturated carbocycles. The van der Waals surface area contributed by atoms with E-state index in [9.17, 15) is 38.4 Å². The lowest BCUT2D eigenvalue weighted by molar-refractivity contribution is 0.0580. The molecule has 62 heavy (non-hydrogen) atoms. The average Bonchev–Trinajstić information content (AvgIpc) is 3.89. The molecule has 2 atom stereocenters. The van der Waals surface area contributed by atoms with Crippen LogP contribution in [0.15, 0.2) is 159 Å². The standard InChI is InChI=1S/C50H34N4O8/c1-28(17-18-29-11-5-2-6-12-29)51-44(56)38-26-40-41(27-39(38)45(51)57)50(62)54(49(40)61)53-47(59)35-22-20-33(25-37(35)48(53)60)32-19-21-34-36(24-32)46(58)52(43(34)55)42(31-15-9-4-10-16-31)23-30-13-7-3-8-14-30/h2-16,19-22,24-28,42H,17-18,23H2,1H3. The molecule has 0 fully saturated rings. The highest BCUT2D eigenvalue weighted by molar-refractivity contribution is 6.31. The van der Waals surface area contributed by atoms with Gasteiger partial charge in [0.25, 0.3) is 45.9 Å². The Labute approximate surface area is 351 Å². The van der Waals surface area contributed by atoms with Crippen LogP contribution in [0, 0.1) is 0 Å². The molecule has 6 aromatic carbocycles. The summed E-state index contributed by atoms with van der Waals surface area (Å²) in [5.41, 5.74) is 0.798. The van der Waals surface area contributed by atoms with Crippen molar-refractivity contribution in [3.05, 3.63) is 220 Å². The summed E-state index contributed by atoms with van der Waals surface area (Å²) >= 11 is 0. The molecule has 0 radical (unpaired) electrons. The van der Waals surface area contributed by atoms with Gasteiger partial charge in [-0.05, 0) is 90.4 Å². The van der Waals surface area contributed by atoms with E-state index in [1.54, 1.807) is 31.2 Å². The summed E-state index contributed by atoms with van der Waals surface area (Å²) in [6, 6.07) is 39.1. The summed E-state index contributed by atoms with van der Waals surface area (Å²) in [5, 5.41) is -0.0314. The lowest BCUT2D eigenvalue weighted by Gasteiger charge is -2.27. The molecule has 10 rings (SSSR count). The van der Waals surface area contributed by atoms with Gasteiger partial charge in [0.05, 0.1) is 49.8 Å². The third kappa shape index (κ3) is 5.90. The van der Waals surface area contributed by atoms with Crippen molar-refractivity contribution >= 4 is 45.2 Å². The number of amides is 4. The topological polar surface area (TPSA) is 153 Å². The van der Waals surface area contributed by atoms with Crippen LogP contribution < -0.4 is 27.2 Å². The maximum Gasteiger partial charge on any atom is 0.281 e. The number of fused-ring (bicyclic) bond motifs is 4. The smallest absolute Gasteiger partial charge is 0.271 e. The van der Waals surface area contributed by atoms with Crippen molar-refractivity contribution in [1.82, 2.24) is 14.1 Å². The van der Waals surface area contributed by atoms with E-state index >= 15 is 0 Å². The minimum atomic E-state index is -0.995. The van der Waals surface area contributed by atoms with Gasteiger partial charge in [-0.1, -0.05) is 103 Å². The first kappa shape index (κ1) is 38.1. The van der Waals surface area contributed by atoms with Gasteiger partial charge in [-0.25, -0.2) is 0 Å². The second-order valence-corrected chi connectivity index (χ2v) is 15.8. The summed E-state index contributed by atoms with van der Waals surface area (Å²) in [6.45, 7) is 1.76. The van der Waals surface area contributed by atoms with Crippen molar-refractivity contribution in [2.24, 2.45) is 0 Å². The Bertz CT molecular complexity index is 3340. The van der Waals surface area contributed by atoms with Gasteiger partial charge in [0, 0.05) is 6.04 Å². The number of rotatable bonds is 10. The van der Waals surface area contributed by atoms with Crippen molar-refractivity contribution in [2.45, 2.75) is 38.3 Å². The predicted molar refractivity (Wildman–Crippen MR) is 233 cm³/mol. The molecule has 0 aliphatic carbocycles. The molecule has 12 heteroatoms. The van der Waals surface area contributed by atoms with Crippen LogP contribution in [-0.2, 0) is 12.8 Å². The zero-order valence-corrected chi connectivity index (χ0v) is 33.1. The normalized spacial score (nSPS) is 14.6. The highest BCUT2D eigenvalue weighted by atomic mass is 16.2. The van der Waals surface area contributed by atoms with Crippen molar-refractivity contribution in [3.63, 3.8) is 0 Å². The lowest BCUT2D eigenvalue weighted by atomic mass is 9.97. The molecule has 302 valence electrons. The minimum Gasteiger partial charge on any atom is -0.271 e. The molecule has 8 aromatic rings. The van der Waals surface area contributed by atoms with Crippen molar-refractivity contribution in [2.75, 3.05) is 5.01 Å². The SMILES string of the molecule is CC(CCc1ccccc1)n1c(=O)c2cc3c(=O)n(N4C(=O)c5ccc(-c6ccc7c(c6)C(=O)N(C(Cc6ccccc6)c6ccccc6)C7=O)cc5C4=O)c(=O)c3cc2c1=O. The zero-order chi connectivity index (χ0) is 43.0. The van der Waals surface area contributed by atoms with E-state index in [-0.39, 0.29) is 43.8 Å². The Hall–Kier alpha value is -8.12. The average molecular weight is 819 g/mol. The van der Waals surface area contributed by atoms with Crippen molar-refractivity contribution < 1.29 is 19.2 Å². The molecular formula is C50H34N4O8. The van der Waals surface area contributed by atoms with Gasteiger partial charge in [-0.15, -0.1) is 0 Å². The Morgan fingerprint density at radius 3 is 1.47 bits per heavy atom. The van der Waals surface area contributed by atoms with Gasteiger partial charge < -0.3 is 0 Å². The summed E-state index contributed by atoms with van der Waals surface area (Å²) in [4.78, 5) is 112. The van der Waals surface area contributed by atoms with Crippen LogP contribution in [0.1, 0.15) is 83.6 Å². The van der Waals surface area contributed by atoms with E-state index in [2.05, 4.69) is 0 Å². The number of carbonyl (C=O) groups excluding carboxylic acids is 4. The maximum absolute atomic E-state index is 14.1. The Balaban J connectivity index is 0.954. The first-order valence-corrected chi connectivity index (χ1v) is 20.1. The second kappa shape index (κ2) is 14.6. The molecule has 2 unspecified atom stereocenters. The Morgan fingerprint density at radius 2 is 0.903 bits per heavy atom. The number of imide groups is 2. The largest absolute Gasteiger partial charge is 0.281 e. The number of aryl methyl sites for hydroxylation is 1. The third-order valence-corrected chi connectivity index (χ3v) is 12.1. The fourth-order valence-corrected chi connectivity index (χ4v) is 8.89. The van der Waals surface area contributed by atoms with Crippen molar-refractivity contribution in [1.29, 1.82) is 0 Å². The lowest BCUT2D eigenvalue weighted by Crippen LogP contribution is -2.49. The minimum absolute atomic E-state index is 0.0419. The molecule has 0 N–H and O–H groups in total. The Morgan fingerprint density at radius 1 is 0.452 bits per heavy atom. The van der Waals surface area contributed by atoms with E-state index < -0.39 is 57.9 Å². The zero-order valence-electron chi connectivity index (χ0n) is 33.1. The van der Waals surface area contributed by atoms with Gasteiger partial charge in [0.15, 0.2) is 0 Å². The van der Waals surface area contributed by atoms with Crippen LogP contribution in [0.25, 0.3) is 32.7 Å². The molecule has 2 aromatic heterocycles. The number of hydrogen-bond acceptors (Lipinski definition) is 8. The van der Waals surface area contributed by atoms with E-state index in [0.717, 1.165) is 21.3 Å². The number of hydrogen-bond donors (Lipinski definition) is 0. The highest BCUT2D eigenvalue weighted by Crippen LogP contribution is 2.37. The van der Waals surface area contributed by atoms with Crippen LogP contribution in [0.3, 0.4) is 0 Å². The maximum atomic E-state index is 14.1. The molecule has 0 saturated heterocycles. The molecule has 2 aliphatic rings. The van der Waals surface area contributed by atoms with Crippen LogP contribution in [0.4, 0.5) is 0 Å². The fourth-order valence-electron chi connectivity index (χ4n) is 8.89. The van der Waals surface area contributed by atoms with Gasteiger partial charge >= 0.3 is 0 Å². The van der Waals surface area contributed by atoms with E-state index in [1.165, 1.54) is 29.2 Å². The fraction of sp³-hybridized carbons (Fsp3) is 0.120. The molecular weight excluding hydrogens is 785 g/mol. The Kier molecular flexibility index (Phi) is 8.95. The first-order valence-electron chi connectivity index (χ1n) is 20.1. The summed E-state index contributed by atoms with van der Waals surface area (Å²) in [7, 11) is 0. The second-order valence-electron chi connectivity index (χ2n) is 15.8. The molecule has 12 nitrogen and oxygen atoms in total. The van der Waals surface area contributed by atoms with Crippen LogP contribution >= 0.6 is 0 Å². The molecule has 2 aliphatic heterocycles. The number of benzene rings is 6. The molecule has 4 heterocycles. The van der Waals surface area contributed by atoms with Gasteiger partial charge in [0.2, 0.25) is 0 Å². The third-order valence-electron chi connectivity index (χ3n) is 12.1. The monoisotopic (exact) mass is 818 g/mol. The van der Waals surface area contributed by atoms with Crippen molar-refractivity contribution in [3.8, 4) is 11.1 Å². The highest BCUT2D eigenvalue weighted by Gasteiger charge is 2.42. The molecule has 0 spiro atoms. The van der Waals surface area contributed by atoms with Crippen LogP contribution in [0.2, 0.25) is 0 Å². The van der Waals surface area contributed by atoms with Crippen LogP contribution in [0.5, 0.6) is 0 Å². The number of nitrogens with zero attached hydrogens (tertiary/aromatic N) is 4.